The molecule has 0 radical (unpaired) electrons. The van der Waals surface area contributed by atoms with Gasteiger partial charge in [0.15, 0.2) is 5.96 Å². The first-order valence-electron chi connectivity index (χ1n) is 10.3. The standard InChI is InChI=1S/C23H32N4O3/c1-5-24-23(25-15-17-10-11-19(28-2)14-22(17)30-4)26-18-12-13-27(16-18)20-8-6-7-9-21(20)29-3/h6-11,14,18H,5,12-13,15-16H2,1-4H3,(H2,24,25,26). The van der Waals surface area contributed by atoms with E-state index in [1.807, 2.05) is 36.4 Å². The van der Waals surface area contributed by atoms with E-state index >= 15 is 0 Å². The number of nitrogens with one attached hydrogen (secondary N) is 2. The molecule has 2 aromatic carbocycles. The molecule has 1 fully saturated rings. The zero-order chi connectivity index (χ0) is 21.3. The number of nitrogens with zero attached hydrogens (tertiary/aromatic N) is 2. The average Bonchev–Trinajstić information content (AvgIpc) is 3.25. The third-order valence-corrected chi connectivity index (χ3v) is 5.20. The van der Waals surface area contributed by atoms with Gasteiger partial charge in [0, 0.05) is 37.3 Å². The Kier molecular flexibility index (Phi) is 7.65. The fraction of sp³-hybridized carbons (Fsp3) is 0.435. The summed E-state index contributed by atoms with van der Waals surface area (Å²) in [6.45, 7) is 5.27. The largest absolute Gasteiger partial charge is 0.497 e. The molecule has 0 aromatic heterocycles. The molecule has 0 bridgehead atoms. The van der Waals surface area contributed by atoms with E-state index in [1.54, 1.807) is 21.3 Å². The van der Waals surface area contributed by atoms with Crippen LogP contribution in [0, 0.1) is 0 Å². The van der Waals surface area contributed by atoms with Crippen LogP contribution in [0.2, 0.25) is 0 Å². The van der Waals surface area contributed by atoms with Gasteiger partial charge in [0.25, 0.3) is 0 Å². The van der Waals surface area contributed by atoms with Gasteiger partial charge in [-0.3, -0.25) is 0 Å². The highest BCUT2D eigenvalue weighted by atomic mass is 16.5. The summed E-state index contributed by atoms with van der Waals surface area (Å²) in [7, 11) is 5.03. The summed E-state index contributed by atoms with van der Waals surface area (Å²) in [5, 5.41) is 6.92. The molecule has 7 heteroatoms. The number of ether oxygens (including phenoxy) is 3. The minimum absolute atomic E-state index is 0.311. The zero-order valence-corrected chi connectivity index (χ0v) is 18.3. The highest BCUT2D eigenvalue weighted by Crippen LogP contribution is 2.30. The molecule has 1 saturated heterocycles. The average molecular weight is 413 g/mol. The zero-order valence-electron chi connectivity index (χ0n) is 18.3. The van der Waals surface area contributed by atoms with Crippen LogP contribution in [-0.2, 0) is 6.54 Å². The molecule has 2 N–H and O–H groups in total. The van der Waals surface area contributed by atoms with Crippen LogP contribution in [0.15, 0.2) is 47.5 Å². The van der Waals surface area contributed by atoms with E-state index in [0.29, 0.717) is 12.6 Å². The predicted molar refractivity (Wildman–Crippen MR) is 121 cm³/mol. The fourth-order valence-electron chi connectivity index (χ4n) is 3.65. The second kappa shape index (κ2) is 10.6. The summed E-state index contributed by atoms with van der Waals surface area (Å²) in [5.74, 6) is 3.26. The third-order valence-electron chi connectivity index (χ3n) is 5.20. The number of benzene rings is 2. The van der Waals surface area contributed by atoms with Crippen molar-refractivity contribution in [2.24, 2.45) is 4.99 Å². The van der Waals surface area contributed by atoms with Crippen LogP contribution in [0.25, 0.3) is 0 Å². The van der Waals surface area contributed by atoms with E-state index < -0.39 is 0 Å². The van der Waals surface area contributed by atoms with E-state index in [4.69, 9.17) is 19.2 Å². The van der Waals surface area contributed by atoms with E-state index in [9.17, 15) is 0 Å². The van der Waals surface area contributed by atoms with Gasteiger partial charge in [0.05, 0.1) is 33.6 Å². The molecule has 1 aliphatic heterocycles. The van der Waals surface area contributed by atoms with Gasteiger partial charge in [-0.15, -0.1) is 0 Å². The number of hydrogen-bond donors (Lipinski definition) is 2. The summed E-state index contributed by atoms with van der Waals surface area (Å²) >= 11 is 0. The van der Waals surface area contributed by atoms with Crippen LogP contribution in [-0.4, -0.2) is 53.0 Å². The first-order chi connectivity index (χ1) is 14.7. The van der Waals surface area contributed by atoms with Crippen molar-refractivity contribution in [2.75, 3.05) is 45.9 Å². The van der Waals surface area contributed by atoms with Crippen molar-refractivity contribution < 1.29 is 14.2 Å². The molecule has 3 rings (SSSR count). The van der Waals surface area contributed by atoms with Crippen molar-refractivity contribution >= 4 is 11.6 Å². The maximum absolute atomic E-state index is 5.52. The van der Waals surface area contributed by atoms with Crippen molar-refractivity contribution in [3.05, 3.63) is 48.0 Å². The summed E-state index contributed by atoms with van der Waals surface area (Å²) in [5.41, 5.74) is 2.15. The molecular weight excluding hydrogens is 380 g/mol. The Bertz CT molecular complexity index is 856. The number of anilines is 1. The van der Waals surface area contributed by atoms with Gasteiger partial charge >= 0.3 is 0 Å². The lowest BCUT2D eigenvalue weighted by molar-refractivity contribution is 0.391. The highest BCUT2D eigenvalue weighted by Gasteiger charge is 2.25. The molecule has 1 unspecified atom stereocenters. The number of aliphatic imine (C=N–C) groups is 1. The summed E-state index contributed by atoms with van der Waals surface area (Å²) < 4.78 is 16.3. The SMILES string of the molecule is CCNC(=NCc1ccc(OC)cc1OC)NC1CCN(c2ccccc2OC)C1. The second-order valence-corrected chi connectivity index (χ2v) is 7.12. The molecule has 0 amide bonds. The van der Waals surface area contributed by atoms with E-state index in [0.717, 1.165) is 60.5 Å². The number of rotatable bonds is 8. The molecule has 7 nitrogen and oxygen atoms in total. The Morgan fingerprint density at radius 3 is 2.60 bits per heavy atom. The Morgan fingerprint density at radius 2 is 1.87 bits per heavy atom. The fourth-order valence-corrected chi connectivity index (χ4v) is 3.65. The van der Waals surface area contributed by atoms with Gasteiger partial charge in [-0.05, 0) is 37.6 Å². The molecular formula is C23H32N4O3. The van der Waals surface area contributed by atoms with Crippen molar-refractivity contribution in [2.45, 2.75) is 25.9 Å². The summed E-state index contributed by atoms with van der Waals surface area (Å²) in [6.07, 6.45) is 1.04. The van der Waals surface area contributed by atoms with Gasteiger partial charge in [-0.1, -0.05) is 12.1 Å². The Balaban J connectivity index is 1.66. The van der Waals surface area contributed by atoms with Crippen LogP contribution >= 0.6 is 0 Å². The summed E-state index contributed by atoms with van der Waals surface area (Å²) in [4.78, 5) is 7.13. The molecule has 0 saturated carbocycles. The van der Waals surface area contributed by atoms with E-state index in [1.165, 1.54) is 0 Å². The highest BCUT2D eigenvalue weighted by molar-refractivity contribution is 5.80. The van der Waals surface area contributed by atoms with Crippen LogP contribution in [0.3, 0.4) is 0 Å². The Labute approximate surface area is 179 Å². The lowest BCUT2D eigenvalue weighted by Gasteiger charge is -2.22. The number of guanidine groups is 1. The minimum Gasteiger partial charge on any atom is -0.497 e. The topological polar surface area (TPSA) is 67.4 Å². The van der Waals surface area contributed by atoms with E-state index in [2.05, 4.69) is 28.5 Å². The molecule has 2 aromatic rings. The van der Waals surface area contributed by atoms with Crippen LogP contribution < -0.4 is 29.7 Å². The maximum Gasteiger partial charge on any atom is 0.191 e. The van der Waals surface area contributed by atoms with Crippen molar-refractivity contribution in [1.82, 2.24) is 10.6 Å². The number of para-hydroxylation sites is 2. The van der Waals surface area contributed by atoms with Crippen molar-refractivity contribution in [3.8, 4) is 17.2 Å². The van der Waals surface area contributed by atoms with Crippen LogP contribution in [0.5, 0.6) is 17.2 Å². The Morgan fingerprint density at radius 1 is 1.07 bits per heavy atom. The van der Waals surface area contributed by atoms with Gasteiger partial charge in [-0.2, -0.15) is 0 Å². The molecule has 0 aliphatic carbocycles. The molecule has 162 valence electrons. The summed E-state index contributed by atoms with van der Waals surface area (Å²) in [6, 6.07) is 14.3. The molecule has 1 heterocycles. The first kappa shape index (κ1) is 21.6. The molecule has 1 aliphatic rings. The minimum atomic E-state index is 0.311. The molecule has 1 atom stereocenters. The Hall–Kier alpha value is -3.09. The quantitative estimate of drug-likeness (QED) is 0.513. The van der Waals surface area contributed by atoms with Gasteiger partial charge < -0.3 is 29.7 Å². The number of methoxy groups -OCH3 is 3. The smallest absolute Gasteiger partial charge is 0.191 e. The maximum atomic E-state index is 5.52. The first-order valence-corrected chi connectivity index (χ1v) is 10.3. The van der Waals surface area contributed by atoms with Crippen molar-refractivity contribution in [3.63, 3.8) is 0 Å². The molecule has 30 heavy (non-hydrogen) atoms. The van der Waals surface area contributed by atoms with Gasteiger partial charge in [-0.25, -0.2) is 4.99 Å². The van der Waals surface area contributed by atoms with Gasteiger partial charge in [0.1, 0.15) is 17.2 Å². The van der Waals surface area contributed by atoms with Gasteiger partial charge in [0.2, 0.25) is 0 Å². The van der Waals surface area contributed by atoms with E-state index in [-0.39, 0.29) is 0 Å². The normalized spacial score (nSPS) is 16.3. The lowest BCUT2D eigenvalue weighted by Crippen LogP contribution is -2.44. The monoisotopic (exact) mass is 412 g/mol. The lowest BCUT2D eigenvalue weighted by atomic mass is 10.2. The van der Waals surface area contributed by atoms with Crippen LogP contribution in [0.4, 0.5) is 5.69 Å². The predicted octanol–water partition coefficient (Wildman–Crippen LogP) is 3.05. The second-order valence-electron chi connectivity index (χ2n) is 7.12. The van der Waals surface area contributed by atoms with Crippen LogP contribution in [0.1, 0.15) is 18.9 Å². The third kappa shape index (κ3) is 5.28. The van der Waals surface area contributed by atoms with Crippen molar-refractivity contribution in [1.29, 1.82) is 0 Å². The number of hydrogen-bond acceptors (Lipinski definition) is 5. The molecule has 0 spiro atoms.